The average molecular weight is 304 g/mol. The van der Waals surface area contributed by atoms with Crippen molar-refractivity contribution in [2.45, 2.75) is 37.7 Å². The predicted octanol–water partition coefficient (Wildman–Crippen LogP) is 3.04. The maximum absolute atomic E-state index is 13.1. The van der Waals surface area contributed by atoms with Gasteiger partial charge in [-0.2, -0.15) is 0 Å². The molecule has 2 rings (SSSR count). The molecule has 0 unspecified atom stereocenters. The van der Waals surface area contributed by atoms with E-state index in [9.17, 15) is 18.7 Å². The molecule has 3 nitrogen and oxygen atoms in total. The van der Waals surface area contributed by atoms with Gasteiger partial charge in [-0.1, -0.05) is 30.9 Å². The molecule has 2 N–H and O–H groups in total. The highest BCUT2D eigenvalue weighted by atomic mass is 35.5. The van der Waals surface area contributed by atoms with Gasteiger partial charge in [-0.3, -0.25) is 4.79 Å². The van der Waals surface area contributed by atoms with Crippen LogP contribution in [0.5, 0.6) is 0 Å². The lowest BCUT2D eigenvalue weighted by Crippen LogP contribution is -2.44. The summed E-state index contributed by atoms with van der Waals surface area (Å²) in [5.74, 6) is -2.85. The summed E-state index contributed by atoms with van der Waals surface area (Å²) in [5, 5.41) is 12.6. The molecule has 1 aromatic carbocycles. The third-order valence-corrected chi connectivity index (χ3v) is 3.93. The molecule has 1 amide bonds. The van der Waals surface area contributed by atoms with Gasteiger partial charge in [0.2, 0.25) is 0 Å². The van der Waals surface area contributed by atoms with Crippen molar-refractivity contribution in [2.24, 2.45) is 0 Å². The van der Waals surface area contributed by atoms with Crippen LogP contribution in [0.2, 0.25) is 5.02 Å². The number of rotatable bonds is 3. The molecule has 0 atom stereocenters. The van der Waals surface area contributed by atoms with Gasteiger partial charge in [0.15, 0.2) is 11.6 Å². The third-order valence-electron chi connectivity index (χ3n) is 3.62. The molecule has 0 spiro atoms. The van der Waals surface area contributed by atoms with Crippen molar-refractivity contribution >= 4 is 17.5 Å². The van der Waals surface area contributed by atoms with E-state index in [1.165, 1.54) is 0 Å². The van der Waals surface area contributed by atoms with Crippen LogP contribution in [0, 0.1) is 11.6 Å². The fourth-order valence-corrected chi connectivity index (χ4v) is 2.66. The molecule has 0 bridgehead atoms. The molecule has 0 saturated heterocycles. The van der Waals surface area contributed by atoms with E-state index in [1.807, 2.05) is 0 Å². The Morgan fingerprint density at radius 2 is 1.85 bits per heavy atom. The van der Waals surface area contributed by atoms with Crippen LogP contribution in [0.3, 0.4) is 0 Å². The Morgan fingerprint density at radius 3 is 2.50 bits per heavy atom. The van der Waals surface area contributed by atoms with Crippen LogP contribution in [0.25, 0.3) is 0 Å². The topological polar surface area (TPSA) is 49.3 Å². The van der Waals surface area contributed by atoms with Gasteiger partial charge in [-0.05, 0) is 25.0 Å². The lowest BCUT2D eigenvalue weighted by Gasteiger charge is -2.32. The average Bonchev–Trinajstić information content (AvgIpc) is 2.41. The first-order valence-electron chi connectivity index (χ1n) is 6.56. The molecule has 1 aliphatic rings. The van der Waals surface area contributed by atoms with Gasteiger partial charge in [0.1, 0.15) is 0 Å². The van der Waals surface area contributed by atoms with Crippen LogP contribution in [-0.2, 0) is 0 Å². The monoisotopic (exact) mass is 303 g/mol. The van der Waals surface area contributed by atoms with Crippen molar-refractivity contribution in [1.29, 1.82) is 0 Å². The predicted molar refractivity (Wildman–Crippen MR) is 71.7 cm³/mol. The molecule has 1 aliphatic carbocycles. The van der Waals surface area contributed by atoms with Gasteiger partial charge in [-0.15, -0.1) is 0 Å². The van der Waals surface area contributed by atoms with Gasteiger partial charge in [0, 0.05) is 6.54 Å². The zero-order chi connectivity index (χ0) is 14.8. The quantitative estimate of drug-likeness (QED) is 0.843. The number of nitrogens with one attached hydrogen (secondary N) is 1. The Kier molecular flexibility index (Phi) is 4.60. The third kappa shape index (κ3) is 3.46. The number of carbonyl (C=O) groups is 1. The van der Waals surface area contributed by atoms with Crippen molar-refractivity contribution in [1.82, 2.24) is 5.32 Å². The van der Waals surface area contributed by atoms with Crippen LogP contribution >= 0.6 is 11.6 Å². The molecule has 0 aliphatic heterocycles. The number of hydrogen-bond acceptors (Lipinski definition) is 2. The Bertz CT molecular complexity index is 516. The van der Waals surface area contributed by atoms with E-state index >= 15 is 0 Å². The van der Waals surface area contributed by atoms with E-state index in [2.05, 4.69) is 5.32 Å². The standard InChI is InChI=1S/C14H16ClF2NO2/c15-10-7-12(17)11(16)6-9(10)13(19)18-8-14(20)4-2-1-3-5-14/h6-7,20H,1-5,8H2,(H,18,19). The highest BCUT2D eigenvalue weighted by Gasteiger charge is 2.29. The first kappa shape index (κ1) is 15.2. The van der Waals surface area contributed by atoms with Gasteiger partial charge in [0.25, 0.3) is 5.91 Å². The largest absolute Gasteiger partial charge is 0.388 e. The minimum Gasteiger partial charge on any atom is -0.388 e. The molecule has 110 valence electrons. The molecule has 1 saturated carbocycles. The van der Waals surface area contributed by atoms with Gasteiger partial charge in [-0.25, -0.2) is 8.78 Å². The minimum absolute atomic E-state index is 0.0845. The lowest BCUT2D eigenvalue weighted by molar-refractivity contribution is 0.00525. The van der Waals surface area contributed by atoms with E-state index in [0.29, 0.717) is 12.8 Å². The second-order valence-corrected chi connectivity index (χ2v) is 5.62. The zero-order valence-corrected chi connectivity index (χ0v) is 11.6. The molecule has 0 aromatic heterocycles. The van der Waals surface area contributed by atoms with E-state index in [-0.39, 0.29) is 17.1 Å². The summed E-state index contributed by atoms with van der Waals surface area (Å²) in [6.45, 7) is 0.0845. The van der Waals surface area contributed by atoms with Gasteiger partial charge < -0.3 is 10.4 Å². The van der Waals surface area contributed by atoms with E-state index in [0.717, 1.165) is 31.4 Å². The highest BCUT2D eigenvalue weighted by molar-refractivity contribution is 6.33. The maximum atomic E-state index is 13.1. The Morgan fingerprint density at radius 1 is 1.25 bits per heavy atom. The number of benzene rings is 1. The highest BCUT2D eigenvalue weighted by Crippen LogP contribution is 2.27. The number of amides is 1. The van der Waals surface area contributed by atoms with Crippen molar-refractivity contribution in [3.05, 3.63) is 34.4 Å². The molecule has 20 heavy (non-hydrogen) atoms. The van der Waals surface area contributed by atoms with Crippen molar-refractivity contribution in [2.75, 3.05) is 6.54 Å². The van der Waals surface area contributed by atoms with Crippen LogP contribution in [0.15, 0.2) is 12.1 Å². The van der Waals surface area contributed by atoms with Crippen LogP contribution < -0.4 is 5.32 Å². The van der Waals surface area contributed by atoms with Gasteiger partial charge >= 0.3 is 0 Å². The Labute approximate surface area is 120 Å². The van der Waals surface area contributed by atoms with Crippen molar-refractivity contribution in [3.8, 4) is 0 Å². The summed E-state index contributed by atoms with van der Waals surface area (Å²) in [6.07, 6.45) is 4.15. The molecule has 1 fully saturated rings. The lowest BCUT2D eigenvalue weighted by atomic mass is 9.85. The van der Waals surface area contributed by atoms with Gasteiger partial charge in [0.05, 0.1) is 16.2 Å². The summed E-state index contributed by atoms with van der Waals surface area (Å²) in [4.78, 5) is 11.9. The number of carbonyl (C=O) groups excluding carboxylic acids is 1. The normalized spacial score (nSPS) is 17.8. The van der Waals surface area contributed by atoms with Crippen LogP contribution in [0.4, 0.5) is 8.78 Å². The summed E-state index contributed by atoms with van der Waals surface area (Å²) < 4.78 is 26.1. The molecule has 1 aromatic rings. The second-order valence-electron chi connectivity index (χ2n) is 5.21. The van der Waals surface area contributed by atoms with E-state index in [1.54, 1.807) is 0 Å². The molecular formula is C14H16ClF2NO2. The molecule has 0 heterocycles. The van der Waals surface area contributed by atoms with Crippen LogP contribution in [-0.4, -0.2) is 23.2 Å². The zero-order valence-electron chi connectivity index (χ0n) is 10.9. The van der Waals surface area contributed by atoms with Crippen LogP contribution in [0.1, 0.15) is 42.5 Å². The fraction of sp³-hybridized carbons (Fsp3) is 0.500. The summed E-state index contributed by atoms with van der Waals surface area (Å²) in [6, 6.07) is 1.53. The smallest absolute Gasteiger partial charge is 0.253 e. The van der Waals surface area contributed by atoms with Crippen molar-refractivity contribution < 1.29 is 18.7 Å². The molecule has 0 radical (unpaired) electrons. The summed E-state index contributed by atoms with van der Waals surface area (Å²) in [7, 11) is 0. The molecule has 6 heteroatoms. The fourth-order valence-electron chi connectivity index (χ4n) is 2.42. The number of halogens is 3. The van der Waals surface area contributed by atoms with Crippen molar-refractivity contribution in [3.63, 3.8) is 0 Å². The second kappa shape index (κ2) is 6.06. The van der Waals surface area contributed by atoms with E-state index < -0.39 is 23.1 Å². The Hall–Kier alpha value is -1.20. The first-order valence-corrected chi connectivity index (χ1v) is 6.94. The SMILES string of the molecule is O=C(NCC1(O)CCCCC1)c1cc(F)c(F)cc1Cl. The maximum Gasteiger partial charge on any atom is 0.253 e. The minimum atomic E-state index is -1.13. The van der Waals surface area contributed by atoms with E-state index in [4.69, 9.17) is 11.6 Å². The number of hydrogen-bond donors (Lipinski definition) is 2. The summed E-state index contributed by atoms with van der Waals surface area (Å²) in [5.41, 5.74) is -1.05. The Balaban J connectivity index is 2.03. The molecular weight excluding hydrogens is 288 g/mol. The summed E-state index contributed by atoms with van der Waals surface area (Å²) >= 11 is 5.72. The first-order chi connectivity index (χ1) is 9.41. The number of aliphatic hydroxyl groups is 1.